The number of carbonyl (C=O) groups is 1. The van der Waals surface area contributed by atoms with Crippen LogP contribution in [0.15, 0.2) is 17.1 Å². The molecule has 0 amide bonds. The number of nitrogens with one attached hydrogen (secondary N) is 1. The first-order valence-electron chi connectivity index (χ1n) is 8.08. The van der Waals surface area contributed by atoms with Gasteiger partial charge in [0, 0.05) is 49.4 Å². The summed E-state index contributed by atoms with van der Waals surface area (Å²) in [5.74, 6) is -1.20. The van der Waals surface area contributed by atoms with Gasteiger partial charge in [0.25, 0.3) is 0 Å². The molecule has 1 aromatic heterocycles. The number of piperazine rings is 1. The van der Waals surface area contributed by atoms with Crippen molar-refractivity contribution in [2.75, 3.05) is 31.1 Å². The van der Waals surface area contributed by atoms with Gasteiger partial charge in [-0.3, -0.25) is 4.79 Å². The van der Waals surface area contributed by atoms with Crippen LogP contribution < -0.4 is 15.6 Å². The van der Waals surface area contributed by atoms with E-state index in [2.05, 4.69) is 10.2 Å². The Labute approximate surface area is 143 Å². The highest BCUT2D eigenvalue weighted by molar-refractivity contribution is 6.34. The van der Waals surface area contributed by atoms with E-state index >= 15 is 0 Å². The van der Waals surface area contributed by atoms with Gasteiger partial charge in [0.05, 0.1) is 16.2 Å². The lowest BCUT2D eigenvalue weighted by Crippen LogP contribution is -2.44. The Morgan fingerprint density at radius 3 is 2.75 bits per heavy atom. The molecule has 2 N–H and O–H groups in total. The molecule has 3 heterocycles. The first-order valence-corrected chi connectivity index (χ1v) is 8.46. The Hall–Kier alpha value is -2.05. The summed E-state index contributed by atoms with van der Waals surface area (Å²) in [6.45, 7) is 5.56. The van der Waals surface area contributed by atoms with E-state index in [1.165, 1.54) is 6.20 Å². The number of hydrogen-bond donors (Lipinski definition) is 2. The first-order chi connectivity index (χ1) is 11.5. The summed E-state index contributed by atoms with van der Waals surface area (Å²) >= 11 is 6.54. The average Bonchev–Trinajstić information content (AvgIpc) is 2.87. The van der Waals surface area contributed by atoms with Crippen molar-refractivity contribution in [3.05, 3.63) is 38.6 Å². The second-order valence-corrected chi connectivity index (χ2v) is 6.86. The summed E-state index contributed by atoms with van der Waals surface area (Å²) < 4.78 is 1.91. The topological polar surface area (TPSA) is 74.6 Å². The van der Waals surface area contributed by atoms with E-state index in [0.29, 0.717) is 10.4 Å². The van der Waals surface area contributed by atoms with Gasteiger partial charge in [-0.15, -0.1) is 0 Å². The van der Waals surface area contributed by atoms with Gasteiger partial charge < -0.3 is 19.9 Å². The van der Waals surface area contributed by atoms with Crippen molar-refractivity contribution >= 4 is 34.2 Å². The third-order valence-electron chi connectivity index (χ3n) is 4.98. The molecule has 0 aliphatic carbocycles. The molecule has 2 aromatic rings. The van der Waals surface area contributed by atoms with Gasteiger partial charge in [-0.1, -0.05) is 11.6 Å². The fraction of sp³-hybridized carbons (Fsp3) is 0.412. The number of halogens is 1. The largest absolute Gasteiger partial charge is 0.477 e. The van der Waals surface area contributed by atoms with Crippen molar-refractivity contribution in [3.8, 4) is 0 Å². The summed E-state index contributed by atoms with van der Waals surface area (Å²) in [6, 6.07) is 1.74. The molecule has 24 heavy (non-hydrogen) atoms. The molecule has 1 fully saturated rings. The number of aromatic carboxylic acids is 1. The van der Waals surface area contributed by atoms with E-state index in [0.717, 1.165) is 49.4 Å². The number of benzene rings is 1. The van der Waals surface area contributed by atoms with Crippen LogP contribution in [0.3, 0.4) is 0 Å². The lowest BCUT2D eigenvalue weighted by molar-refractivity contribution is 0.0695. The SMILES string of the molecule is CC1Cc2c(N3CCNCC3)c(Cl)cc3c(=O)c(C(=O)O)cn1c23. The molecule has 1 aromatic carbocycles. The van der Waals surface area contributed by atoms with Crippen molar-refractivity contribution in [3.63, 3.8) is 0 Å². The summed E-state index contributed by atoms with van der Waals surface area (Å²) in [6.07, 6.45) is 2.22. The number of rotatable bonds is 2. The summed E-state index contributed by atoms with van der Waals surface area (Å²) in [5.41, 5.74) is 2.22. The number of anilines is 1. The molecule has 1 atom stereocenters. The van der Waals surface area contributed by atoms with E-state index in [-0.39, 0.29) is 11.6 Å². The van der Waals surface area contributed by atoms with E-state index in [1.54, 1.807) is 6.07 Å². The molecule has 2 aliphatic rings. The van der Waals surface area contributed by atoms with E-state index in [9.17, 15) is 14.7 Å². The van der Waals surface area contributed by atoms with Crippen molar-refractivity contribution in [1.82, 2.24) is 9.88 Å². The number of pyridine rings is 1. The second kappa shape index (κ2) is 5.50. The fourth-order valence-electron chi connectivity index (χ4n) is 3.88. The number of hydrogen-bond acceptors (Lipinski definition) is 4. The average molecular weight is 348 g/mol. The quantitative estimate of drug-likeness (QED) is 0.867. The minimum atomic E-state index is -1.20. The van der Waals surface area contributed by atoms with Gasteiger partial charge >= 0.3 is 5.97 Å². The molecule has 6 nitrogen and oxygen atoms in total. The van der Waals surface area contributed by atoms with Crippen LogP contribution in [0.25, 0.3) is 10.9 Å². The maximum Gasteiger partial charge on any atom is 0.341 e. The monoisotopic (exact) mass is 347 g/mol. The Balaban J connectivity index is 2.03. The van der Waals surface area contributed by atoms with Gasteiger partial charge in [0.1, 0.15) is 5.56 Å². The molecular weight excluding hydrogens is 330 g/mol. The highest BCUT2D eigenvalue weighted by atomic mass is 35.5. The van der Waals surface area contributed by atoms with Gasteiger partial charge in [0.15, 0.2) is 0 Å². The summed E-state index contributed by atoms with van der Waals surface area (Å²) in [7, 11) is 0. The van der Waals surface area contributed by atoms with Crippen LogP contribution in [0, 0.1) is 0 Å². The van der Waals surface area contributed by atoms with Crippen molar-refractivity contribution in [1.29, 1.82) is 0 Å². The Kier molecular flexibility index (Phi) is 3.54. The van der Waals surface area contributed by atoms with Crippen molar-refractivity contribution < 1.29 is 9.90 Å². The van der Waals surface area contributed by atoms with E-state index < -0.39 is 11.4 Å². The number of carboxylic acid groups (broad SMARTS) is 1. The highest BCUT2D eigenvalue weighted by Gasteiger charge is 2.30. The predicted octanol–water partition coefficient (Wildman–Crippen LogP) is 1.88. The minimum Gasteiger partial charge on any atom is -0.477 e. The lowest BCUT2D eigenvalue weighted by atomic mass is 10.0. The third-order valence-corrected chi connectivity index (χ3v) is 5.27. The molecule has 4 rings (SSSR count). The molecule has 1 saturated heterocycles. The molecule has 0 radical (unpaired) electrons. The maximum absolute atomic E-state index is 12.6. The zero-order valence-electron chi connectivity index (χ0n) is 13.3. The van der Waals surface area contributed by atoms with Crippen molar-refractivity contribution in [2.24, 2.45) is 0 Å². The van der Waals surface area contributed by atoms with Crippen molar-refractivity contribution in [2.45, 2.75) is 19.4 Å². The second-order valence-electron chi connectivity index (χ2n) is 6.46. The zero-order chi connectivity index (χ0) is 17.0. The van der Waals surface area contributed by atoms with E-state index in [4.69, 9.17) is 11.6 Å². The normalized spacial score (nSPS) is 19.9. The molecule has 7 heteroatoms. The lowest BCUT2D eigenvalue weighted by Gasteiger charge is -2.31. The van der Waals surface area contributed by atoms with Crippen LogP contribution >= 0.6 is 11.6 Å². The van der Waals surface area contributed by atoms with Gasteiger partial charge in [0.2, 0.25) is 5.43 Å². The molecule has 0 spiro atoms. The number of carboxylic acids is 1. The van der Waals surface area contributed by atoms with Crippen LogP contribution in [0.2, 0.25) is 5.02 Å². The Morgan fingerprint density at radius 1 is 1.38 bits per heavy atom. The summed E-state index contributed by atoms with van der Waals surface area (Å²) in [4.78, 5) is 26.2. The summed E-state index contributed by atoms with van der Waals surface area (Å²) in [5, 5.41) is 13.6. The van der Waals surface area contributed by atoms with Crippen LogP contribution in [-0.2, 0) is 6.42 Å². The van der Waals surface area contributed by atoms with Gasteiger partial charge in [-0.05, 0) is 19.4 Å². The van der Waals surface area contributed by atoms with Gasteiger partial charge in [-0.2, -0.15) is 0 Å². The standard InChI is InChI=1S/C17H18ClN3O3/c1-9-6-10-14-11(16(22)12(17(23)24)8-21(9)14)7-13(18)15(10)20-4-2-19-3-5-20/h7-9,19H,2-6H2,1H3,(H,23,24). The van der Waals surface area contributed by atoms with E-state index in [1.807, 2.05) is 11.5 Å². The number of aromatic nitrogens is 1. The zero-order valence-corrected chi connectivity index (χ0v) is 14.1. The Morgan fingerprint density at radius 2 is 2.08 bits per heavy atom. The first kappa shape index (κ1) is 15.5. The smallest absolute Gasteiger partial charge is 0.341 e. The highest BCUT2D eigenvalue weighted by Crippen LogP contribution is 2.42. The van der Waals surface area contributed by atoms with Crippen LogP contribution in [-0.4, -0.2) is 41.8 Å². The van der Waals surface area contributed by atoms with Gasteiger partial charge in [-0.25, -0.2) is 4.79 Å². The molecular formula is C17H18ClN3O3. The molecule has 1 unspecified atom stereocenters. The predicted molar refractivity (Wildman–Crippen MR) is 93.7 cm³/mol. The molecule has 2 aliphatic heterocycles. The third kappa shape index (κ3) is 2.13. The fourth-order valence-corrected chi connectivity index (χ4v) is 4.22. The molecule has 0 bridgehead atoms. The molecule has 126 valence electrons. The van der Waals surface area contributed by atoms with Crippen LogP contribution in [0.1, 0.15) is 28.9 Å². The number of nitrogens with zero attached hydrogens (tertiary/aromatic N) is 2. The van der Waals surface area contributed by atoms with Crippen LogP contribution in [0.5, 0.6) is 0 Å². The molecule has 0 saturated carbocycles. The van der Waals surface area contributed by atoms with Crippen LogP contribution in [0.4, 0.5) is 5.69 Å². The minimum absolute atomic E-state index is 0.0985. The Bertz CT molecular complexity index is 916. The maximum atomic E-state index is 12.6.